The van der Waals surface area contributed by atoms with Crippen LogP contribution in [0.4, 0.5) is 4.79 Å². The van der Waals surface area contributed by atoms with Gasteiger partial charge in [0.1, 0.15) is 5.75 Å². The van der Waals surface area contributed by atoms with E-state index in [-0.39, 0.29) is 18.2 Å². The molecule has 0 saturated carbocycles. The van der Waals surface area contributed by atoms with E-state index in [0.717, 1.165) is 4.47 Å². The molecule has 2 amide bonds. The number of morpholine rings is 1. The summed E-state index contributed by atoms with van der Waals surface area (Å²) in [7, 11) is 0. The molecule has 1 aromatic carbocycles. The van der Waals surface area contributed by atoms with Crippen molar-refractivity contribution in [2.45, 2.75) is 32.5 Å². The van der Waals surface area contributed by atoms with Gasteiger partial charge in [0, 0.05) is 24.1 Å². The van der Waals surface area contributed by atoms with Crippen LogP contribution in [0.3, 0.4) is 0 Å². The van der Waals surface area contributed by atoms with Crippen LogP contribution in [-0.4, -0.2) is 49.4 Å². The molecule has 2 atom stereocenters. The molecule has 0 bridgehead atoms. The first-order chi connectivity index (χ1) is 11.0. The van der Waals surface area contributed by atoms with Gasteiger partial charge in [-0.25, -0.2) is 4.79 Å². The van der Waals surface area contributed by atoms with Crippen molar-refractivity contribution in [2.24, 2.45) is 0 Å². The summed E-state index contributed by atoms with van der Waals surface area (Å²) in [4.78, 5) is 13.9. The molecule has 0 aliphatic carbocycles. The Morgan fingerprint density at radius 1 is 1.43 bits per heavy atom. The number of benzene rings is 1. The van der Waals surface area contributed by atoms with Crippen LogP contribution >= 0.6 is 27.5 Å². The fraction of sp³-hybridized carbons (Fsp3) is 0.562. The Bertz CT molecular complexity index is 534. The standard InChI is InChI=1S/C16H22BrClN2O3/c1-11-9-20(10-12(2)23-11)16(21)19-6-3-7-22-15-5-4-13(17)8-14(15)18/h4-5,8,11-12H,3,6-7,9-10H2,1-2H3,(H,19,21). The van der Waals surface area contributed by atoms with Crippen LogP contribution in [0.5, 0.6) is 5.75 Å². The van der Waals surface area contributed by atoms with Gasteiger partial charge in [-0.1, -0.05) is 27.5 Å². The molecule has 2 unspecified atom stereocenters. The molecule has 2 rings (SSSR count). The minimum atomic E-state index is -0.0475. The van der Waals surface area contributed by atoms with Gasteiger partial charge in [0.25, 0.3) is 0 Å². The number of urea groups is 1. The van der Waals surface area contributed by atoms with E-state index in [1.54, 1.807) is 11.0 Å². The molecule has 23 heavy (non-hydrogen) atoms. The van der Waals surface area contributed by atoms with Crippen LogP contribution in [0.2, 0.25) is 5.02 Å². The average molecular weight is 406 g/mol. The predicted octanol–water partition coefficient (Wildman–Crippen LogP) is 3.69. The monoisotopic (exact) mass is 404 g/mol. The number of hydrogen-bond acceptors (Lipinski definition) is 3. The maximum Gasteiger partial charge on any atom is 0.317 e. The Hall–Kier alpha value is -0.980. The maximum atomic E-state index is 12.1. The van der Waals surface area contributed by atoms with E-state index >= 15 is 0 Å². The molecule has 7 heteroatoms. The number of carbonyl (C=O) groups is 1. The van der Waals surface area contributed by atoms with Crippen molar-refractivity contribution in [2.75, 3.05) is 26.2 Å². The van der Waals surface area contributed by atoms with Gasteiger partial charge >= 0.3 is 6.03 Å². The lowest BCUT2D eigenvalue weighted by Crippen LogP contribution is -2.51. The van der Waals surface area contributed by atoms with Crippen molar-refractivity contribution in [3.05, 3.63) is 27.7 Å². The van der Waals surface area contributed by atoms with Crippen molar-refractivity contribution in [1.82, 2.24) is 10.2 Å². The minimum absolute atomic E-state index is 0.0475. The van der Waals surface area contributed by atoms with Gasteiger partial charge in [-0.15, -0.1) is 0 Å². The van der Waals surface area contributed by atoms with Gasteiger partial charge in [0.2, 0.25) is 0 Å². The second-order valence-corrected chi connectivity index (χ2v) is 6.99. The quantitative estimate of drug-likeness (QED) is 0.760. The van der Waals surface area contributed by atoms with E-state index < -0.39 is 0 Å². The zero-order valence-corrected chi connectivity index (χ0v) is 15.7. The zero-order valence-electron chi connectivity index (χ0n) is 13.4. The highest BCUT2D eigenvalue weighted by atomic mass is 79.9. The number of halogens is 2. The van der Waals surface area contributed by atoms with E-state index in [1.165, 1.54) is 0 Å². The van der Waals surface area contributed by atoms with Crippen molar-refractivity contribution >= 4 is 33.6 Å². The van der Waals surface area contributed by atoms with Crippen molar-refractivity contribution < 1.29 is 14.3 Å². The van der Waals surface area contributed by atoms with Crippen LogP contribution in [0.25, 0.3) is 0 Å². The highest BCUT2D eigenvalue weighted by molar-refractivity contribution is 9.10. The normalized spacial score (nSPS) is 21.1. The van der Waals surface area contributed by atoms with Crippen molar-refractivity contribution in [3.63, 3.8) is 0 Å². The summed E-state index contributed by atoms with van der Waals surface area (Å²) in [6.07, 6.45) is 0.868. The molecule has 1 heterocycles. The number of nitrogens with one attached hydrogen (secondary N) is 1. The molecule has 1 aromatic rings. The SMILES string of the molecule is CC1CN(C(=O)NCCCOc2ccc(Br)cc2Cl)CC(C)O1. The van der Waals surface area contributed by atoms with Gasteiger partial charge in [-0.05, 0) is 38.5 Å². The summed E-state index contributed by atoms with van der Waals surface area (Å²) in [6, 6.07) is 5.44. The van der Waals surface area contributed by atoms with Crippen LogP contribution in [-0.2, 0) is 4.74 Å². The highest BCUT2D eigenvalue weighted by Gasteiger charge is 2.25. The van der Waals surface area contributed by atoms with E-state index in [2.05, 4.69) is 21.2 Å². The Balaban J connectivity index is 1.66. The molecule has 1 aliphatic rings. The third-order valence-corrected chi connectivity index (χ3v) is 4.24. The number of nitrogens with zero attached hydrogens (tertiary/aromatic N) is 1. The molecule has 1 fully saturated rings. The largest absolute Gasteiger partial charge is 0.492 e. The second kappa shape index (κ2) is 8.76. The summed E-state index contributed by atoms with van der Waals surface area (Å²) >= 11 is 9.43. The first-order valence-corrected chi connectivity index (χ1v) is 8.89. The van der Waals surface area contributed by atoms with Crippen LogP contribution < -0.4 is 10.1 Å². The third-order valence-electron chi connectivity index (χ3n) is 3.46. The van der Waals surface area contributed by atoms with E-state index in [9.17, 15) is 4.79 Å². The molecule has 0 aromatic heterocycles. The Morgan fingerprint density at radius 3 is 2.78 bits per heavy atom. The molecule has 128 valence electrons. The highest BCUT2D eigenvalue weighted by Crippen LogP contribution is 2.27. The number of hydrogen-bond donors (Lipinski definition) is 1. The third kappa shape index (κ3) is 5.86. The molecule has 0 spiro atoms. The van der Waals surface area contributed by atoms with E-state index in [1.807, 2.05) is 26.0 Å². The molecular weight excluding hydrogens is 384 g/mol. The topological polar surface area (TPSA) is 50.8 Å². The lowest BCUT2D eigenvalue weighted by molar-refractivity contribution is -0.0545. The first kappa shape index (κ1) is 18.4. The molecule has 1 aliphatic heterocycles. The number of amides is 2. The average Bonchev–Trinajstić information content (AvgIpc) is 2.47. The molecular formula is C16H22BrClN2O3. The molecule has 1 N–H and O–H groups in total. The van der Waals surface area contributed by atoms with Crippen LogP contribution in [0.1, 0.15) is 20.3 Å². The minimum Gasteiger partial charge on any atom is -0.492 e. The van der Waals surface area contributed by atoms with Gasteiger partial charge in [-0.3, -0.25) is 0 Å². The number of rotatable bonds is 5. The fourth-order valence-electron chi connectivity index (χ4n) is 2.50. The summed E-state index contributed by atoms with van der Waals surface area (Å²) in [5.74, 6) is 0.650. The number of carbonyl (C=O) groups excluding carboxylic acids is 1. The summed E-state index contributed by atoms with van der Waals surface area (Å²) < 4.78 is 12.1. The lowest BCUT2D eigenvalue weighted by atomic mass is 10.2. The Kier molecular flexibility index (Phi) is 6.99. The first-order valence-electron chi connectivity index (χ1n) is 7.72. The lowest BCUT2D eigenvalue weighted by Gasteiger charge is -2.35. The van der Waals surface area contributed by atoms with Gasteiger partial charge in [0.15, 0.2) is 0 Å². The van der Waals surface area contributed by atoms with E-state index in [4.69, 9.17) is 21.1 Å². The second-order valence-electron chi connectivity index (χ2n) is 5.67. The fourth-order valence-corrected chi connectivity index (χ4v) is 3.23. The number of ether oxygens (including phenoxy) is 2. The summed E-state index contributed by atoms with van der Waals surface area (Å²) in [5.41, 5.74) is 0. The van der Waals surface area contributed by atoms with E-state index in [0.29, 0.717) is 43.4 Å². The Labute approximate surface area is 150 Å². The van der Waals surface area contributed by atoms with Gasteiger partial charge in [0.05, 0.1) is 23.8 Å². The Morgan fingerprint density at radius 2 is 2.13 bits per heavy atom. The van der Waals surface area contributed by atoms with Crippen molar-refractivity contribution in [1.29, 1.82) is 0 Å². The molecule has 0 radical (unpaired) electrons. The van der Waals surface area contributed by atoms with Crippen LogP contribution in [0, 0.1) is 0 Å². The zero-order chi connectivity index (χ0) is 16.8. The summed E-state index contributed by atoms with van der Waals surface area (Å²) in [5, 5.41) is 3.48. The molecule has 5 nitrogen and oxygen atoms in total. The predicted molar refractivity (Wildman–Crippen MR) is 94.2 cm³/mol. The van der Waals surface area contributed by atoms with Gasteiger partial charge in [-0.2, -0.15) is 0 Å². The maximum absolute atomic E-state index is 12.1. The smallest absolute Gasteiger partial charge is 0.317 e. The van der Waals surface area contributed by atoms with Crippen molar-refractivity contribution in [3.8, 4) is 5.75 Å². The van der Waals surface area contributed by atoms with Gasteiger partial charge < -0.3 is 19.7 Å². The molecule has 1 saturated heterocycles. The van der Waals surface area contributed by atoms with Crippen LogP contribution in [0.15, 0.2) is 22.7 Å². The summed E-state index contributed by atoms with van der Waals surface area (Å²) in [6.45, 7) is 6.27.